The predicted molar refractivity (Wildman–Crippen MR) is 78.4 cm³/mol. The number of ether oxygens (including phenoxy) is 1. The Balaban J connectivity index is 2.10. The van der Waals surface area contributed by atoms with Gasteiger partial charge in [0.05, 0.1) is 18.4 Å². The summed E-state index contributed by atoms with van der Waals surface area (Å²) < 4.78 is 6.55. The van der Waals surface area contributed by atoms with Crippen LogP contribution in [0.2, 0.25) is 0 Å². The Morgan fingerprint density at radius 3 is 2.95 bits per heavy atom. The first-order valence-electron chi connectivity index (χ1n) is 6.64. The highest BCUT2D eigenvalue weighted by atomic mass is 16.5. The number of hydrogen-bond donors (Lipinski definition) is 1. The maximum atomic E-state index is 12.4. The summed E-state index contributed by atoms with van der Waals surface area (Å²) in [5.41, 5.74) is 1.37. The fourth-order valence-electron chi connectivity index (χ4n) is 2.07. The summed E-state index contributed by atoms with van der Waals surface area (Å²) in [5.74, 6) is -0.154. The van der Waals surface area contributed by atoms with Crippen LogP contribution in [-0.4, -0.2) is 59.1 Å². The number of carbonyl (C=O) groups is 1. The Bertz CT molecular complexity index is 584. The van der Waals surface area contributed by atoms with Gasteiger partial charge in [-0.1, -0.05) is 6.07 Å². The monoisotopic (exact) mass is 289 g/mol. The Hall–Kier alpha value is -2.18. The van der Waals surface area contributed by atoms with Crippen LogP contribution >= 0.6 is 0 Å². The van der Waals surface area contributed by atoms with E-state index in [1.54, 1.807) is 30.1 Å². The van der Waals surface area contributed by atoms with Gasteiger partial charge in [-0.15, -0.1) is 0 Å². The maximum absolute atomic E-state index is 12.4. The SMILES string of the molecule is COCC(O)CN(C)C(=O)c1cccc(-n2cccn2)c1. The number of likely N-dealkylation sites (N-methyl/N-ethyl adjacent to an activating group) is 1. The molecule has 0 aliphatic carbocycles. The molecule has 1 aromatic heterocycles. The zero-order valence-corrected chi connectivity index (χ0v) is 12.1. The Morgan fingerprint density at radius 1 is 1.48 bits per heavy atom. The van der Waals surface area contributed by atoms with Gasteiger partial charge >= 0.3 is 0 Å². The van der Waals surface area contributed by atoms with Crippen molar-refractivity contribution in [2.24, 2.45) is 0 Å². The summed E-state index contributed by atoms with van der Waals surface area (Å²) in [4.78, 5) is 13.8. The van der Waals surface area contributed by atoms with Crippen LogP contribution in [0.5, 0.6) is 0 Å². The van der Waals surface area contributed by atoms with Gasteiger partial charge in [-0.3, -0.25) is 4.79 Å². The van der Waals surface area contributed by atoms with Crippen molar-refractivity contribution >= 4 is 5.91 Å². The number of methoxy groups -OCH3 is 1. The standard InChI is InChI=1S/C15H19N3O3/c1-17(10-14(19)11-21-2)15(20)12-5-3-6-13(9-12)18-8-4-7-16-18/h3-9,14,19H,10-11H2,1-2H3. The first-order valence-corrected chi connectivity index (χ1v) is 6.64. The Labute approximate surface area is 123 Å². The van der Waals surface area contributed by atoms with Gasteiger partial charge in [-0.25, -0.2) is 4.68 Å². The highest BCUT2D eigenvalue weighted by Crippen LogP contribution is 2.11. The fourth-order valence-corrected chi connectivity index (χ4v) is 2.07. The van der Waals surface area contributed by atoms with E-state index < -0.39 is 6.10 Å². The van der Waals surface area contributed by atoms with E-state index in [4.69, 9.17) is 4.74 Å². The van der Waals surface area contributed by atoms with Crippen LogP contribution in [0.4, 0.5) is 0 Å². The normalized spacial score (nSPS) is 12.1. The second-order valence-electron chi connectivity index (χ2n) is 4.80. The van der Waals surface area contributed by atoms with E-state index in [1.165, 1.54) is 12.0 Å². The number of hydrogen-bond acceptors (Lipinski definition) is 4. The van der Waals surface area contributed by atoms with Gasteiger partial charge in [0.1, 0.15) is 0 Å². The number of rotatable bonds is 6. The molecule has 112 valence electrons. The Morgan fingerprint density at radius 2 is 2.29 bits per heavy atom. The highest BCUT2D eigenvalue weighted by Gasteiger charge is 2.16. The number of carbonyl (C=O) groups excluding carboxylic acids is 1. The van der Waals surface area contributed by atoms with E-state index >= 15 is 0 Å². The van der Waals surface area contributed by atoms with Gasteiger partial charge in [0.15, 0.2) is 0 Å². The van der Waals surface area contributed by atoms with E-state index in [1.807, 2.05) is 24.4 Å². The molecule has 6 heteroatoms. The highest BCUT2D eigenvalue weighted by molar-refractivity contribution is 5.94. The summed E-state index contributed by atoms with van der Waals surface area (Å²) in [5, 5.41) is 13.8. The van der Waals surface area contributed by atoms with Crippen molar-refractivity contribution < 1.29 is 14.6 Å². The summed E-state index contributed by atoms with van der Waals surface area (Å²) in [6.07, 6.45) is 2.80. The number of nitrogens with zero attached hydrogens (tertiary/aromatic N) is 3. The molecule has 1 atom stereocenters. The van der Waals surface area contributed by atoms with Crippen LogP contribution in [0.25, 0.3) is 5.69 Å². The molecule has 0 saturated carbocycles. The molecule has 6 nitrogen and oxygen atoms in total. The molecule has 0 aliphatic rings. The van der Waals surface area contributed by atoms with E-state index in [0.717, 1.165) is 5.69 Å². The van der Waals surface area contributed by atoms with Crippen molar-refractivity contribution in [1.82, 2.24) is 14.7 Å². The van der Waals surface area contributed by atoms with Gasteiger partial charge in [-0.2, -0.15) is 5.10 Å². The molecule has 1 unspecified atom stereocenters. The molecular weight excluding hydrogens is 270 g/mol. The average molecular weight is 289 g/mol. The van der Waals surface area contributed by atoms with Gasteiger partial charge in [0.25, 0.3) is 5.91 Å². The largest absolute Gasteiger partial charge is 0.389 e. The van der Waals surface area contributed by atoms with Crippen LogP contribution < -0.4 is 0 Å². The molecule has 1 heterocycles. The minimum atomic E-state index is -0.696. The third kappa shape index (κ3) is 3.90. The second kappa shape index (κ2) is 7.01. The second-order valence-corrected chi connectivity index (χ2v) is 4.80. The van der Waals surface area contributed by atoms with Crippen LogP contribution in [0.3, 0.4) is 0 Å². The molecule has 0 aliphatic heterocycles. The van der Waals surface area contributed by atoms with E-state index in [-0.39, 0.29) is 19.1 Å². The quantitative estimate of drug-likeness (QED) is 0.860. The molecule has 0 bridgehead atoms. The van der Waals surface area contributed by atoms with Crippen molar-refractivity contribution in [3.63, 3.8) is 0 Å². The molecule has 2 rings (SSSR count). The predicted octanol–water partition coefficient (Wildman–Crippen LogP) is 0.952. The summed E-state index contributed by atoms with van der Waals surface area (Å²) in [7, 11) is 3.17. The molecule has 0 saturated heterocycles. The minimum Gasteiger partial charge on any atom is -0.389 e. The van der Waals surface area contributed by atoms with Gasteiger partial charge in [0, 0.05) is 38.7 Å². The fraction of sp³-hybridized carbons (Fsp3) is 0.333. The third-order valence-corrected chi connectivity index (χ3v) is 3.05. The first-order chi connectivity index (χ1) is 10.1. The molecule has 0 radical (unpaired) electrons. The average Bonchev–Trinajstić information content (AvgIpc) is 3.01. The molecule has 0 spiro atoms. The lowest BCUT2D eigenvalue weighted by Crippen LogP contribution is -2.36. The maximum Gasteiger partial charge on any atom is 0.253 e. The lowest BCUT2D eigenvalue weighted by atomic mass is 10.1. The zero-order valence-electron chi connectivity index (χ0n) is 12.1. The number of aliphatic hydroxyl groups excluding tert-OH is 1. The minimum absolute atomic E-state index is 0.154. The van der Waals surface area contributed by atoms with E-state index in [9.17, 15) is 9.90 Å². The van der Waals surface area contributed by atoms with Crippen molar-refractivity contribution in [3.05, 3.63) is 48.3 Å². The number of aliphatic hydroxyl groups is 1. The molecule has 1 amide bonds. The number of aromatic nitrogens is 2. The molecule has 21 heavy (non-hydrogen) atoms. The topological polar surface area (TPSA) is 67.6 Å². The van der Waals surface area contributed by atoms with E-state index in [2.05, 4.69) is 5.10 Å². The zero-order chi connectivity index (χ0) is 15.2. The summed E-state index contributed by atoms with van der Waals surface area (Å²) in [6.45, 7) is 0.420. The molecule has 1 aromatic carbocycles. The smallest absolute Gasteiger partial charge is 0.253 e. The van der Waals surface area contributed by atoms with Crippen LogP contribution in [0.1, 0.15) is 10.4 Å². The lowest BCUT2D eigenvalue weighted by Gasteiger charge is -2.20. The van der Waals surface area contributed by atoms with Crippen molar-refractivity contribution in [3.8, 4) is 5.69 Å². The molecule has 1 N–H and O–H groups in total. The summed E-state index contributed by atoms with van der Waals surface area (Å²) >= 11 is 0. The van der Waals surface area contributed by atoms with Crippen LogP contribution in [0.15, 0.2) is 42.7 Å². The number of amides is 1. The number of benzene rings is 1. The van der Waals surface area contributed by atoms with Crippen molar-refractivity contribution in [1.29, 1.82) is 0 Å². The third-order valence-electron chi connectivity index (χ3n) is 3.05. The lowest BCUT2D eigenvalue weighted by molar-refractivity contribution is 0.0380. The van der Waals surface area contributed by atoms with Gasteiger partial charge < -0.3 is 14.7 Å². The molecule has 0 fully saturated rings. The molecular formula is C15H19N3O3. The molecule has 2 aromatic rings. The van der Waals surface area contributed by atoms with Crippen LogP contribution in [-0.2, 0) is 4.74 Å². The van der Waals surface area contributed by atoms with Crippen LogP contribution in [0, 0.1) is 0 Å². The van der Waals surface area contributed by atoms with Crippen molar-refractivity contribution in [2.45, 2.75) is 6.10 Å². The van der Waals surface area contributed by atoms with Gasteiger partial charge in [-0.05, 0) is 24.3 Å². The van der Waals surface area contributed by atoms with E-state index in [0.29, 0.717) is 5.56 Å². The van der Waals surface area contributed by atoms with Crippen molar-refractivity contribution in [2.75, 3.05) is 27.3 Å². The first kappa shape index (κ1) is 15.2. The summed E-state index contributed by atoms with van der Waals surface area (Å²) in [6, 6.07) is 9.03. The van der Waals surface area contributed by atoms with Gasteiger partial charge in [0.2, 0.25) is 0 Å². The Kier molecular flexibility index (Phi) is 5.08.